The molecule has 134 valence electrons. The number of imidazole rings is 1. The second-order valence-electron chi connectivity index (χ2n) is 6.82. The Morgan fingerprint density at radius 2 is 1.96 bits per heavy atom. The van der Waals surface area contributed by atoms with Crippen LogP contribution < -0.4 is 0 Å². The molecule has 1 aliphatic rings. The SMILES string of the molecule is CN(CCc1nc2ccccc2[nH]1)C(=O)C1(c2ccccc2)CCCO1. The van der Waals surface area contributed by atoms with Crippen LogP contribution in [0.5, 0.6) is 0 Å². The Kier molecular flexibility index (Phi) is 4.47. The number of nitrogens with zero attached hydrogens (tertiary/aromatic N) is 2. The van der Waals surface area contributed by atoms with Crippen molar-refractivity contribution in [3.8, 4) is 0 Å². The molecule has 0 spiro atoms. The van der Waals surface area contributed by atoms with E-state index in [1.165, 1.54) is 0 Å². The van der Waals surface area contributed by atoms with E-state index in [0.717, 1.165) is 35.3 Å². The maximum atomic E-state index is 13.2. The molecule has 2 aromatic carbocycles. The minimum Gasteiger partial charge on any atom is -0.360 e. The second kappa shape index (κ2) is 6.92. The van der Waals surface area contributed by atoms with Gasteiger partial charge < -0.3 is 14.6 Å². The number of aromatic nitrogens is 2. The zero-order valence-corrected chi connectivity index (χ0v) is 14.9. The fraction of sp³-hybridized carbons (Fsp3) is 0.333. The van der Waals surface area contributed by atoms with E-state index in [0.29, 0.717) is 19.6 Å². The van der Waals surface area contributed by atoms with Crippen molar-refractivity contribution < 1.29 is 9.53 Å². The predicted molar refractivity (Wildman–Crippen MR) is 101 cm³/mol. The summed E-state index contributed by atoms with van der Waals surface area (Å²) in [5.74, 6) is 0.921. The first-order valence-corrected chi connectivity index (χ1v) is 9.08. The summed E-state index contributed by atoms with van der Waals surface area (Å²) in [7, 11) is 1.84. The topological polar surface area (TPSA) is 58.2 Å². The Bertz CT molecular complexity index is 865. The Morgan fingerprint density at radius 3 is 2.69 bits per heavy atom. The highest BCUT2D eigenvalue weighted by molar-refractivity contribution is 5.86. The van der Waals surface area contributed by atoms with Gasteiger partial charge in [-0.05, 0) is 30.5 Å². The van der Waals surface area contributed by atoms with E-state index in [2.05, 4.69) is 9.97 Å². The predicted octanol–water partition coefficient (Wildman–Crippen LogP) is 3.27. The van der Waals surface area contributed by atoms with Gasteiger partial charge in [0, 0.05) is 26.6 Å². The van der Waals surface area contributed by atoms with Crippen LogP contribution >= 0.6 is 0 Å². The summed E-state index contributed by atoms with van der Waals surface area (Å²) < 4.78 is 5.99. The van der Waals surface area contributed by atoms with Crippen LogP contribution in [-0.2, 0) is 21.6 Å². The lowest BCUT2D eigenvalue weighted by atomic mass is 9.89. The van der Waals surface area contributed by atoms with Crippen molar-refractivity contribution in [3.05, 3.63) is 66.0 Å². The van der Waals surface area contributed by atoms with Gasteiger partial charge in [-0.15, -0.1) is 0 Å². The molecule has 5 nitrogen and oxygen atoms in total. The van der Waals surface area contributed by atoms with Gasteiger partial charge in [-0.2, -0.15) is 0 Å². The minimum atomic E-state index is -0.843. The van der Waals surface area contributed by atoms with Gasteiger partial charge in [0.15, 0.2) is 5.60 Å². The maximum Gasteiger partial charge on any atom is 0.259 e. The number of nitrogens with one attached hydrogen (secondary N) is 1. The normalized spacial score (nSPS) is 19.7. The summed E-state index contributed by atoms with van der Waals surface area (Å²) >= 11 is 0. The van der Waals surface area contributed by atoms with Crippen LogP contribution in [0.4, 0.5) is 0 Å². The molecular weight excluding hydrogens is 326 g/mol. The van der Waals surface area contributed by atoms with E-state index < -0.39 is 5.60 Å². The van der Waals surface area contributed by atoms with E-state index in [1.807, 2.05) is 61.6 Å². The molecule has 4 rings (SSSR count). The molecule has 26 heavy (non-hydrogen) atoms. The molecule has 2 heterocycles. The molecular formula is C21H23N3O2. The largest absolute Gasteiger partial charge is 0.360 e. The number of carbonyl (C=O) groups is 1. The van der Waals surface area contributed by atoms with Crippen LogP contribution in [0.3, 0.4) is 0 Å². The monoisotopic (exact) mass is 349 g/mol. The van der Waals surface area contributed by atoms with E-state index in [9.17, 15) is 4.79 Å². The first-order valence-electron chi connectivity index (χ1n) is 9.08. The highest BCUT2D eigenvalue weighted by Crippen LogP contribution is 2.37. The number of amides is 1. The number of hydrogen-bond donors (Lipinski definition) is 1. The molecule has 1 N–H and O–H groups in total. The molecule has 1 saturated heterocycles. The summed E-state index contributed by atoms with van der Waals surface area (Å²) in [6.07, 6.45) is 2.31. The van der Waals surface area contributed by atoms with Crippen molar-refractivity contribution in [1.82, 2.24) is 14.9 Å². The number of para-hydroxylation sites is 2. The van der Waals surface area contributed by atoms with Gasteiger partial charge in [0.05, 0.1) is 11.0 Å². The molecule has 1 fully saturated rings. The molecule has 0 aliphatic carbocycles. The third kappa shape index (κ3) is 2.99. The summed E-state index contributed by atoms with van der Waals surface area (Å²) in [6, 6.07) is 17.8. The van der Waals surface area contributed by atoms with Crippen molar-refractivity contribution in [2.75, 3.05) is 20.2 Å². The molecule has 1 aliphatic heterocycles. The average Bonchev–Trinajstić information content (AvgIpc) is 3.33. The fourth-order valence-corrected chi connectivity index (χ4v) is 3.67. The number of fused-ring (bicyclic) bond motifs is 1. The Morgan fingerprint density at radius 1 is 1.19 bits per heavy atom. The van der Waals surface area contributed by atoms with Crippen molar-refractivity contribution in [2.24, 2.45) is 0 Å². The summed E-state index contributed by atoms with van der Waals surface area (Å²) in [6.45, 7) is 1.22. The van der Waals surface area contributed by atoms with E-state index in [1.54, 1.807) is 4.90 Å². The molecule has 1 unspecified atom stereocenters. The van der Waals surface area contributed by atoms with E-state index in [-0.39, 0.29) is 5.91 Å². The van der Waals surface area contributed by atoms with E-state index >= 15 is 0 Å². The number of carbonyl (C=O) groups excluding carboxylic acids is 1. The zero-order valence-electron chi connectivity index (χ0n) is 14.9. The molecule has 1 amide bonds. The smallest absolute Gasteiger partial charge is 0.259 e. The average molecular weight is 349 g/mol. The zero-order chi connectivity index (χ0) is 18.0. The summed E-state index contributed by atoms with van der Waals surface area (Å²) in [5, 5.41) is 0. The second-order valence-corrected chi connectivity index (χ2v) is 6.82. The van der Waals surface area contributed by atoms with Gasteiger partial charge >= 0.3 is 0 Å². The highest BCUT2D eigenvalue weighted by atomic mass is 16.5. The van der Waals surface area contributed by atoms with Crippen molar-refractivity contribution >= 4 is 16.9 Å². The highest BCUT2D eigenvalue weighted by Gasteiger charge is 2.45. The molecule has 3 aromatic rings. The summed E-state index contributed by atoms with van der Waals surface area (Å²) in [4.78, 5) is 22.9. The first kappa shape index (κ1) is 16.8. The van der Waals surface area contributed by atoms with Gasteiger partial charge in [0.1, 0.15) is 5.82 Å². The van der Waals surface area contributed by atoms with Crippen LogP contribution in [0.15, 0.2) is 54.6 Å². The standard InChI is InChI=1S/C21H23N3O2/c1-24(14-12-19-22-17-10-5-6-11-18(17)23-19)20(25)21(13-7-15-26-21)16-8-3-2-4-9-16/h2-6,8-11H,7,12-15H2,1H3,(H,22,23). The van der Waals surface area contributed by atoms with Gasteiger partial charge in [-0.3, -0.25) is 4.79 Å². The third-order valence-corrected chi connectivity index (χ3v) is 5.08. The number of aromatic amines is 1. The number of benzene rings is 2. The number of ether oxygens (including phenoxy) is 1. The molecule has 5 heteroatoms. The maximum absolute atomic E-state index is 13.2. The van der Waals surface area contributed by atoms with Crippen LogP contribution in [0, 0.1) is 0 Å². The third-order valence-electron chi connectivity index (χ3n) is 5.08. The van der Waals surface area contributed by atoms with E-state index in [4.69, 9.17) is 4.74 Å². The lowest BCUT2D eigenvalue weighted by molar-refractivity contribution is -0.152. The van der Waals surface area contributed by atoms with Crippen LogP contribution in [0.1, 0.15) is 24.2 Å². The van der Waals surface area contributed by atoms with Crippen LogP contribution in [0.25, 0.3) is 11.0 Å². The van der Waals surface area contributed by atoms with Crippen molar-refractivity contribution in [3.63, 3.8) is 0 Å². The first-order chi connectivity index (χ1) is 12.7. The van der Waals surface area contributed by atoms with Gasteiger partial charge in [0.2, 0.25) is 0 Å². The Labute approximate surface area is 153 Å². The number of rotatable bonds is 5. The minimum absolute atomic E-state index is 0.0253. The lowest BCUT2D eigenvalue weighted by Crippen LogP contribution is -2.45. The number of H-pyrrole nitrogens is 1. The summed E-state index contributed by atoms with van der Waals surface area (Å²) in [5.41, 5.74) is 2.08. The van der Waals surface area contributed by atoms with Crippen molar-refractivity contribution in [2.45, 2.75) is 24.9 Å². The molecule has 0 radical (unpaired) electrons. The molecule has 0 bridgehead atoms. The Balaban J connectivity index is 1.49. The van der Waals surface area contributed by atoms with Gasteiger partial charge in [-0.25, -0.2) is 4.98 Å². The van der Waals surface area contributed by atoms with Gasteiger partial charge in [0.25, 0.3) is 5.91 Å². The fourth-order valence-electron chi connectivity index (χ4n) is 3.67. The van der Waals surface area contributed by atoms with Gasteiger partial charge in [-0.1, -0.05) is 42.5 Å². The Hall–Kier alpha value is -2.66. The number of hydrogen-bond acceptors (Lipinski definition) is 3. The number of likely N-dealkylation sites (N-methyl/N-ethyl adjacent to an activating group) is 1. The molecule has 1 atom stereocenters. The van der Waals surface area contributed by atoms with Crippen LogP contribution in [0.2, 0.25) is 0 Å². The van der Waals surface area contributed by atoms with Crippen molar-refractivity contribution in [1.29, 1.82) is 0 Å². The molecule has 1 aromatic heterocycles. The van der Waals surface area contributed by atoms with Crippen LogP contribution in [-0.4, -0.2) is 41.0 Å². The molecule has 0 saturated carbocycles. The quantitative estimate of drug-likeness (QED) is 0.769. The lowest BCUT2D eigenvalue weighted by Gasteiger charge is -2.32.